The zero-order valence-corrected chi connectivity index (χ0v) is 8.28. The van der Waals surface area contributed by atoms with E-state index in [4.69, 9.17) is 5.11 Å². The molecule has 80 valence electrons. The van der Waals surface area contributed by atoms with Gasteiger partial charge in [-0.2, -0.15) is 4.98 Å². The summed E-state index contributed by atoms with van der Waals surface area (Å²) < 4.78 is 0. The van der Waals surface area contributed by atoms with Gasteiger partial charge in [-0.15, -0.1) is 0 Å². The highest BCUT2D eigenvalue weighted by Gasteiger charge is 2.25. The summed E-state index contributed by atoms with van der Waals surface area (Å²) in [5, 5.41) is 8.90. The van der Waals surface area contributed by atoms with Gasteiger partial charge in [0.25, 0.3) is 0 Å². The van der Waals surface area contributed by atoms with Crippen molar-refractivity contribution >= 4 is 5.97 Å². The van der Waals surface area contributed by atoms with Gasteiger partial charge in [0, 0.05) is 24.3 Å². The Kier molecular flexibility index (Phi) is 2.28. The van der Waals surface area contributed by atoms with Gasteiger partial charge >= 0.3 is 11.7 Å². The Bertz CT molecular complexity index is 466. The van der Waals surface area contributed by atoms with Gasteiger partial charge in [-0.25, -0.2) is 9.59 Å². The number of fused-ring (bicyclic) bond motifs is 1. The van der Waals surface area contributed by atoms with Crippen molar-refractivity contribution in [3.63, 3.8) is 0 Å². The van der Waals surface area contributed by atoms with Crippen molar-refractivity contribution in [1.29, 1.82) is 0 Å². The molecule has 0 aliphatic carbocycles. The van der Waals surface area contributed by atoms with E-state index in [0.717, 1.165) is 6.54 Å². The monoisotopic (exact) mass is 209 g/mol. The van der Waals surface area contributed by atoms with E-state index in [1.807, 2.05) is 11.8 Å². The van der Waals surface area contributed by atoms with Gasteiger partial charge in [-0.3, -0.25) is 4.90 Å². The summed E-state index contributed by atoms with van der Waals surface area (Å²) in [5.74, 6) is -1.14. The SMILES string of the molecule is CCN1Cc2[nH]c(=O)nc(C(=O)O)c2C1. The van der Waals surface area contributed by atoms with Gasteiger partial charge < -0.3 is 10.1 Å². The highest BCUT2D eigenvalue weighted by atomic mass is 16.4. The summed E-state index contributed by atoms with van der Waals surface area (Å²) in [4.78, 5) is 30.1. The maximum atomic E-state index is 11.1. The number of carboxylic acid groups (broad SMARTS) is 1. The molecule has 1 aromatic rings. The van der Waals surface area contributed by atoms with Crippen LogP contribution >= 0.6 is 0 Å². The van der Waals surface area contributed by atoms with E-state index in [-0.39, 0.29) is 5.69 Å². The van der Waals surface area contributed by atoms with Gasteiger partial charge in [-0.1, -0.05) is 6.92 Å². The van der Waals surface area contributed by atoms with Gasteiger partial charge in [0.15, 0.2) is 5.69 Å². The molecule has 0 saturated carbocycles. The van der Waals surface area contributed by atoms with E-state index >= 15 is 0 Å². The van der Waals surface area contributed by atoms with Gasteiger partial charge in [0.05, 0.1) is 0 Å². The lowest BCUT2D eigenvalue weighted by molar-refractivity contribution is 0.0688. The van der Waals surface area contributed by atoms with Crippen LogP contribution in [0.5, 0.6) is 0 Å². The van der Waals surface area contributed by atoms with Crippen LogP contribution in [0.3, 0.4) is 0 Å². The lowest BCUT2D eigenvalue weighted by Gasteiger charge is -2.09. The second kappa shape index (κ2) is 3.47. The molecule has 0 spiro atoms. The van der Waals surface area contributed by atoms with E-state index in [1.54, 1.807) is 0 Å². The van der Waals surface area contributed by atoms with Crippen molar-refractivity contribution in [2.75, 3.05) is 6.54 Å². The molecular formula is C9H11N3O3. The molecule has 1 aliphatic rings. The molecule has 0 unspecified atom stereocenters. The molecule has 2 heterocycles. The van der Waals surface area contributed by atoms with Crippen molar-refractivity contribution in [3.05, 3.63) is 27.4 Å². The Labute approximate surface area is 85.6 Å². The molecular weight excluding hydrogens is 198 g/mol. The fraction of sp³-hybridized carbons (Fsp3) is 0.444. The van der Waals surface area contributed by atoms with Crippen LogP contribution in [-0.2, 0) is 13.1 Å². The fourth-order valence-corrected chi connectivity index (χ4v) is 1.75. The van der Waals surface area contributed by atoms with Gasteiger partial charge in [-0.05, 0) is 6.54 Å². The van der Waals surface area contributed by atoms with Crippen LogP contribution in [0.25, 0.3) is 0 Å². The quantitative estimate of drug-likeness (QED) is 0.704. The number of hydrogen-bond donors (Lipinski definition) is 2. The van der Waals surface area contributed by atoms with E-state index in [2.05, 4.69) is 9.97 Å². The normalized spacial score (nSPS) is 15.3. The first kappa shape index (κ1) is 9.85. The average molecular weight is 209 g/mol. The number of hydrogen-bond acceptors (Lipinski definition) is 4. The van der Waals surface area contributed by atoms with Crippen molar-refractivity contribution in [1.82, 2.24) is 14.9 Å². The second-order valence-electron chi connectivity index (χ2n) is 3.46. The number of aromatic nitrogens is 2. The van der Waals surface area contributed by atoms with Gasteiger partial charge in [0.1, 0.15) is 0 Å². The molecule has 0 aromatic carbocycles. The van der Waals surface area contributed by atoms with E-state index < -0.39 is 11.7 Å². The molecule has 0 amide bonds. The summed E-state index contributed by atoms with van der Waals surface area (Å²) in [5.41, 5.74) is 0.590. The van der Waals surface area contributed by atoms with Crippen molar-refractivity contribution in [3.8, 4) is 0 Å². The maximum Gasteiger partial charge on any atom is 0.355 e. The van der Waals surface area contributed by atoms with Crippen LogP contribution in [0.4, 0.5) is 0 Å². The Morgan fingerprint density at radius 2 is 2.33 bits per heavy atom. The van der Waals surface area contributed by atoms with E-state index in [9.17, 15) is 9.59 Å². The number of aromatic carboxylic acids is 1. The maximum absolute atomic E-state index is 11.1. The minimum absolute atomic E-state index is 0.121. The number of nitrogens with zero attached hydrogens (tertiary/aromatic N) is 2. The molecule has 1 aromatic heterocycles. The third kappa shape index (κ3) is 1.63. The Balaban J connectivity index is 2.53. The summed E-state index contributed by atoms with van der Waals surface area (Å²) in [6, 6.07) is 0. The number of nitrogens with one attached hydrogen (secondary N) is 1. The molecule has 2 N–H and O–H groups in total. The first-order chi connectivity index (χ1) is 7.11. The summed E-state index contributed by atoms with van der Waals surface area (Å²) in [6.07, 6.45) is 0. The largest absolute Gasteiger partial charge is 0.476 e. The molecule has 15 heavy (non-hydrogen) atoms. The standard InChI is InChI=1S/C9H11N3O3/c1-2-12-3-5-6(4-12)10-9(15)11-7(5)8(13)14/h2-4H2,1H3,(H,13,14)(H,10,11,15). The Morgan fingerprint density at radius 1 is 1.60 bits per heavy atom. The van der Waals surface area contributed by atoms with Crippen LogP contribution in [-0.4, -0.2) is 32.5 Å². The highest BCUT2D eigenvalue weighted by molar-refractivity contribution is 5.87. The van der Waals surface area contributed by atoms with Crippen molar-refractivity contribution in [2.45, 2.75) is 20.0 Å². The predicted octanol–water partition coefficient (Wildman–Crippen LogP) is -0.196. The van der Waals surface area contributed by atoms with Crippen molar-refractivity contribution < 1.29 is 9.90 Å². The number of aromatic amines is 1. The summed E-state index contributed by atoms with van der Waals surface area (Å²) in [7, 11) is 0. The highest BCUT2D eigenvalue weighted by Crippen LogP contribution is 2.21. The summed E-state index contributed by atoms with van der Waals surface area (Å²) in [6.45, 7) is 3.93. The first-order valence-electron chi connectivity index (χ1n) is 4.69. The third-order valence-corrected chi connectivity index (χ3v) is 2.53. The van der Waals surface area contributed by atoms with E-state index in [1.165, 1.54) is 0 Å². The van der Waals surface area contributed by atoms with Crippen LogP contribution in [0.1, 0.15) is 28.7 Å². The fourth-order valence-electron chi connectivity index (χ4n) is 1.75. The molecule has 0 atom stereocenters. The molecule has 0 saturated heterocycles. The molecule has 6 nitrogen and oxygen atoms in total. The van der Waals surface area contributed by atoms with Crippen LogP contribution in [0.2, 0.25) is 0 Å². The Hall–Kier alpha value is -1.69. The molecule has 0 radical (unpaired) electrons. The lowest BCUT2D eigenvalue weighted by Crippen LogP contribution is -2.19. The number of carboxylic acids is 1. The first-order valence-corrected chi connectivity index (χ1v) is 4.69. The minimum Gasteiger partial charge on any atom is -0.476 e. The molecule has 2 rings (SSSR count). The predicted molar refractivity (Wildman–Crippen MR) is 51.6 cm³/mol. The minimum atomic E-state index is -1.14. The number of carbonyl (C=O) groups is 1. The van der Waals surface area contributed by atoms with Crippen LogP contribution < -0.4 is 5.69 Å². The number of H-pyrrole nitrogens is 1. The molecule has 6 heteroatoms. The number of rotatable bonds is 2. The average Bonchev–Trinajstić information content (AvgIpc) is 2.58. The second-order valence-corrected chi connectivity index (χ2v) is 3.46. The van der Waals surface area contributed by atoms with Crippen LogP contribution in [0.15, 0.2) is 4.79 Å². The smallest absolute Gasteiger partial charge is 0.355 e. The van der Waals surface area contributed by atoms with Gasteiger partial charge in [0.2, 0.25) is 0 Å². The van der Waals surface area contributed by atoms with Crippen molar-refractivity contribution in [2.24, 2.45) is 0 Å². The zero-order valence-electron chi connectivity index (χ0n) is 8.28. The zero-order chi connectivity index (χ0) is 11.0. The molecule has 0 bridgehead atoms. The topological polar surface area (TPSA) is 86.3 Å². The third-order valence-electron chi connectivity index (χ3n) is 2.53. The Morgan fingerprint density at radius 3 is 2.93 bits per heavy atom. The molecule has 1 aliphatic heterocycles. The van der Waals surface area contributed by atoms with Crippen LogP contribution in [0, 0.1) is 0 Å². The van der Waals surface area contributed by atoms with E-state index in [0.29, 0.717) is 24.3 Å². The lowest BCUT2D eigenvalue weighted by atomic mass is 10.2. The molecule has 0 fully saturated rings. The summed E-state index contributed by atoms with van der Waals surface area (Å²) >= 11 is 0.